The Kier molecular flexibility index (Phi) is 8.20. The van der Waals surface area contributed by atoms with Crippen molar-refractivity contribution in [3.05, 3.63) is 58.5 Å². The smallest absolute Gasteiger partial charge is 0.416 e. The molecule has 3 fully saturated rings. The highest BCUT2D eigenvalue weighted by Crippen LogP contribution is 2.36. The van der Waals surface area contributed by atoms with E-state index in [-0.39, 0.29) is 42.6 Å². The molecule has 2 aromatic heterocycles. The fourth-order valence-electron chi connectivity index (χ4n) is 6.66. The fourth-order valence-corrected chi connectivity index (χ4v) is 6.66. The number of nitrogens with zero attached hydrogens (tertiary/aromatic N) is 4. The van der Waals surface area contributed by atoms with E-state index in [0.717, 1.165) is 62.3 Å². The summed E-state index contributed by atoms with van der Waals surface area (Å²) in [7, 11) is 0. The molecule has 0 spiro atoms. The van der Waals surface area contributed by atoms with Crippen LogP contribution < -0.4 is 25.2 Å². The number of ether oxygens (including phenoxy) is 4. The summed E-state index contributed by atoms with van der Waals surface area (Å²) in [6.07, 6.45) is 1.80. The Labute approximate surface area is 254 Å². The van der Waals surface area contributed by atoms with E-state index in [1.165, 1.54) is 0 Å². The molecular weight excluding hydrogens is 566 g/mol. The summed E-state index contributed by atoms with van der Waals surface area (Å²) in [5, 5.41) is 4.57. The van der Waals surface area contributed by atoms with Gasteiger partial charge < -0.3 is 28.8 Å². The highest BCUT2D eigenvalue weighted by Gasteiger charge is 2.46. The Morgan fingerprint density at radius 1 is 1.00 bits per heavy atom. The third-order valence-electron chi connectivity index (χ3n) is 8.97. The lowest BCUT2D eigenvalue weighted by molar-refractivity contribution is -0.121. The van der Waals surface area contributed by atoms with Gasteiger partial charge in [-0.15, -0.1) is 0 Å². The number of nitrogens with one attached hydrogen (secondary N) is 1. The number of benzene rings is 1. The molecule has 7 rings (SSSR count). The van der Waals surface area contributed by atoms with E-state index < -0.39 is 6.09 Å². The molecule has 4 aliphatic rings. The second-order valence-electron chi connectivity index (χ2n) is 11.8. The highest BCUT2D eigenvalue weighted by molar-refractivity contribution is 5.90. The molecule has 232 valence electrons. The van der Waals surface area contributed by atoms with Crippen molar-refractivity contribution in [3.8, 4) is 11.5 Å². The fraction of sp³-hybridized carbons (Fsp3) is 0.500. The SMILES string of the molecule is O=C1COc2ccc(N3C(=O)O[C@H]4C[C@@H](NCCn5c(=O)ccc6ccc(OCCN7CCOCC7)cc65)CC[C@@H]43)nc2C1. The number of anilines is 1. The van der Waals surface area contributed by atoms with Crippen LogP contribution in [0, 0.1) is 0 Å². The minimum absolute atomic E-state index is 0.0328. The molecule has 44 heavy (non-hydrogen) atoms. The predicted molar refractivity (Wildman–Crippen MR) is 162 cm³/mol. The van der Waals surface area contributed by atoms with E-state index in [0.29, 0.717) is 43.4 Å². The van der Waals surface area contributed by atoms with Gasteiger partial charge in [0.1, 0.15) is 36.6 Å². The van der Waals surface area contributed by atoms with E-state index >= 15 is 0 Å². The van der Waals surface area contributed by atoms with Gasteiger partial charge in [-0.1, -0.05) is 0 Å². The second kappa shape index (κ2) is 12.5. The van der Waals surface area contributed by atoms with Gasteiger partial charge in [0.25, 0.3) is 5.56 Å². The largest absolute Gasteiger partial charge is 0.492 e. The zero-order valence-corrected chi connectivity index (χ0v) is 24.6. The summed E-state index contributed by atoms with van der Waals surface area (Å²) in [4.78, 5) is 46.2. The van der Waals surface area contributed by atoms with Crippen LogP contribution in [0.25, 0.3) is 10.9 Å². The molecule has 3 aromatic rings. The molecular formula is C32H37N5O7. The third-order valence-corrected chi connectivity index (χ3v) is 8.97. The first-order chi connectivity index (χ1) is 21.5. The van der Waals surface area contributed by atoms with Crippen molar-refractivity contribution in [1.29, 1.82) is 0 Å². The van der Waals surface area contributed by atoms with Crippen LogP contribution in [-0.2, 0) is 27.2 Å². The number of fused-ring (bicyclic) bond motifs is 3. The van der Waals surface area contributed by atoms with E-state index in [2.05, 4.69) is 15.2 Å². The zero-order chi connectivity index (χ0) is 30.0. The van der Waals surface area contributed by atoms with Crippen molar-refractivity contribution in [2.45, 2.75) is 50.4 Å². The van der Waals surface area contributed by atoms with Gasteiger partial charge in [-0.05, 0) is 48.6 Å². The molecule has 12 nitrogen and oxygen atoms in total. The lowest BCUT2D eigenvalue weighted by atomic mass is 9.88. The van der Waals surface area contributed by atoms with Crippen LogP contribution >= 0.6 is 0 Å². The summed E-state index contributed by atoms with van der Waals surface area (Å²) in [6.45, 7) is 5.92. The quantitative estimate of drug-likeness (QED) is 0.389. The Balaban J connectivity index is 0.956. The van der Waals surface area contributed by atoms with Crippen LogP contribution in [-0.4, -0.2) is 97.1 Å². The van der Waals surface area contributed by atoms with E-state index in [1.807, 2.05) is 24.3 Å². The number of carbonyl (C=O) groups is 2. The number of pyridine rings is 2. The standard InChI is InChI=1S/C32H37N5O7/c38-23-18-25-28(43-20-23)6-7-30(34-25)37-26-5-3-22(17-29(26)44-32(37)40)33-9-10-36-27-19-24(4-1-21(27)2-8-31(36)39)42-16-13-35-11-14-41-15-12-35/h1-2,4,6-8,19,22,26,29,33H,3,5,9-18,20H2/t22-,26-,29-/m0/s1. The summed E-state index contributed by atoms with van der Waals surface area (Å²) < 4.78 is 24.5. The Morgan fingerprint density at radius 2 is 1.86 bits per heavy atom. The van der Waals surface area contributed by atoms with Gasteiger partial charge >= 0.3 is 6.09 Å². The van der Waals surface area contributed by atoms with Crippen LogP contribution in [0.5, 0.6) is 11.5 Å². The number of Topliss-reactive ketones (excluding diaryl/α,β-unsaturated/α-hetero) is 1. The minimum Gasteiger partial charge on any atom is -0.492 e. The average molecular weight is 604 g/mol. The molecule has 0 radical (unpaired) electrons. The van der Waals surface area contributed by atoms with E-state index in [1.54, 1.807) is 27.7 Å². The number of ketones is 1. The average Bonchev–Trinajstić information content (AvgIpc) is 3.37. The van der Waals surface area contributed by atoms with Gasteiger partial charge in [0, 0.05) is 57.3 Å². The van der Waals surface area contributed by atoms with Crippen LogP contribution in [0.15, 0.2) is 47.3 Å². The number of amides is 1. The van der Waals surface area contributed by atoms with Crippen molar-refractivity contribution >= 4 is 28.6 Å². The van der Waals surface area contributed by atoms with Crippen LogP contribution in [0.4, 0.5) is 10.6 Å². The molecule has 12 heteroatoms. The summed E-state index contributed by atoms with van der Waals surface area (Å²) >= 11 is 0. The van der Waals surface area contributed by atoms with Crippen molar-refractivity contribution in [3.63, 3.8) is 0 Å². The number of aromatic nitrogens is 2. The predicted octanol–water partition coefficient (Wildman–Crippen LogP) is 2.15. The molecule has 3 aliphatic heterocycles. The Morgan fingerprint density at radius 3 is 2.75 bits per heavy atom. The maximum Gasteiger partial charge on any atom is 0.416 e. The minimum atomic E-state index is -0.415. The molecule has 0 unspecified atom stereocenters. The van der Waals surface area contributed by atoms with Gasteiger partial charge in [-0.2, -0.15) is 0 Å². The number of rotatable bonds is 9. The van der Waals surface area contributed by atoms with Gasteiger partial charge in [-0.25, -0.2) is 9.78 Å². The lowest BCUT2D eigenvalue weighted by Gasteiger charge is -2.33. The second-order valence-corrected chi connectivity index (χ2v) is 11.8. The highest BCUT2D eigenvalue weighted by atomic mass is 16.6. The van der Waals surface area contributed by atoms with Crippen molar-refractivity contribution < 1.29 is 28.5 Å². The molecule has 0 bridgehead atoms. The molecule has 1 N–H and O–H groups in total. The number of hydrogen-bond donors (Lipinski definition) is 1. The molecule has 2 saturated heterocycles. The van der Waals surface area contributed by atoms with Crippen molar-refractivity contribution in [2.24, 2.45) is 0 Å². The molecule has 5 heterocycles. The van der Waals surface area contributed by atoms with Crippen LogP contribution in [0.3, 0.4) is 0 Å². The van der Waals surface area contributed by atoms with Gasteiger partial charge in [0.15, 0.2) is 5.78 Å². The maximum absolute atomic E-state index is 12.9. The van der Waals surface area contributed by atoms with Crippen LogP contribution in [0.2, 0.25) is 0 Å². The van der Waals surface area contributed by atoms with Gasteiger partial charge in [0.2, 0.25) is 0 Å². The monoisotopic (exact) mass is 603 g/mol. The molecule has 1 saturated carbocycles. The van der Waals surface area contributed by atoms with E-state index in [9.17, 15) is 14.4 Å². The van der Waals surface area contributed by atoms with Gasteiger partial charge in [-0.3, -0.25) is 19.4 Å². The Hall–Kier alpha value is -4.00. The number of morpholine rings is 1. The normalized spacial score (nSPS) is 23.6. The first-order valence-corrected chi connectivity index (χ1v) is 15.5. The molecule has 1 aliphatic carbocycles. The van der Waals surface area contributed by atoms with Crippen molar-refractivity contribution in [1.82, 2.24) is 19.8 Å². The summed E-state index contributed by atoms with van der Waals surface area (Å²) in [5.41, 5.74) is 1.34. The topological polar surface area (TPSA) is 124 Å². The third kappa shape index (κ3) is 6.01. The van der Waals surface area contributed by atoms with E-state index in [4.69, 9.17) is 18.9 Å². The summed E-state index contributed by atoms with van der Waals surface area (Å²) in [5.74, 6) is 1.79. The first kappa shape index (κ1) is 28.8. The van der Waals surface area contributed by atoms with Gasteiger partial charge in [0.05, 0.1) is 36.9 Å². The first-order valence-electron chi connectivity index (χ1n) is 15.5. The Bertz CT molecular complexity index is 1600. The molecule has 3 atom stereocenters. The number of hydrogen-bond acceptors (Lipinski definition) is 10. The zero-order valence-electron chi connectivity index (χ0n) is 24.6. The maximum atomic E-state index is 12.9. The van der Waals surface area contributed by atoms with Crippen LogP contribution in [0.1, 0.15) is 25.0 Å². The number of carbonyl (C=O) groups excluding carboxylic acids is 2. The van der Waals surface area contributed by atoms with Crippen molar-refractivity contribution in [2.75, 3.05) is 57.5 Å². The molecule has 1 aromatic carbocycles. The molecule has 1 amide bonds. The summed E-state index contributed by atoms with van der Waals surface area (Å²) in [6, 6.07) is 12.9. The lowest BCUT2D eigenvalue weighted by Crippen LogP contribution is -2.46.